The number of nitrogens with two attached hydrogens (primary N) is 1. The van der Waals surface area contributed by atoms with Crippen LogP contribution in [0, 0.1) is 5.92 Å². The van der Waals surface area contributed by atoms with Crippen molar-refractivity contribution < 1.29 is 0 Å². The SMILES string of the molecule is CCC(N)(CC)c1nc2c(s1)CC(C)CC2. The Balaban J connectivity index is 2.31. The highest BCUT2D eigenvalue weighted by Crippen LogP contribution is 2.35. The molecular formula is C13H22N2S. The van der Waals surface area contributed by atoms with Crippen molar-refractivity contribution in [3.8, 4) is 0 Å². The van der Waals surface area contributed by atoms with Crippen molar-refractivity contribution in [2.45, 2.75) is 58.4 Å². The predicted molar refractivity (Wildman–Crippen MR) is 69.8 cm³/mol. The smallest absolute Gasteiger partial charge is 0.113 e. The highest BCUT2D eigenvalue weighted by atomic mass is 32.1. The van der Waals surface area contributed by atoms with Gasteiger partial charge in [-0.25, -0.2) is 4.98 Å². The second-order valence-corrected chi connectivity index (χ2v) is 6.18. The monoisotopic (exact) mass is 238 g/mol. The van der Waals surface area contributed by atoms with Crippen LogP contribution in [0.1, 0.15) is 55.6 Å². The second kappa shape index (κ2) is 4.46. The Morgan fingerprint density at radius 3 is 2.75 bits per heavy atom. The molecule has 1 aliphatic rings. The fraction of sp³-hybridized carbons (Fsp3) is 0.769. The van der Waals surface area contributed by atoms with Gasteiger partial charge in [-0.2, -0.15) is 0 Å². The average Bonchev–Trinajstić information content (AvgIpc) is 2.71. The maximum atomic E-state index is 6.41. The third kappa shape index (κ3) is 2.03. The van der Waals surface area contributed by atoms with Crippen molar-refractivity contribution in [2.24, 2.45) is 11.7 Å². The summed E-state index contributed by atoms with van der Waals surface area (Å²) in [7, 11) is 0. The Morgan fingerprint density at radius 1 is 1.44 bits per heavy atom. The van der Waals surface area contributed by atoms with Crippen molar-refractivity contribution in [3.05, 3.63) is 15.6 Å². The van der Waals surface area contributed by atoms with Crippen LogP contribution < -0.4 is 5.73 Å². The quantitative estimate of drug-likeness (QED) is 0.878. The van der Waals surface area contributed by atoms with Gasteiger partial charge < -0.3 is 5.73 Å². The number of fused-ring (bicyclic) bond motifs is 1. The Hall–Kier alpha value is -0.410. The number of thiazole rings is 1. The van der Waals surface area contributed by atoms with Gasteiger partial charge in [0.1, 0.15) is 5.01 Å². The van der Waals surface area contributed by atoms with Crippen LogP contribution in [0.25, 0.3) is 0 Å². The molecule has 2 rings (SSSR count). The molecule has 1 heterocycles. The summed E-state index contributed by atoms with van der Waals surface area (Å²) in [5.74, 6) is 0.816. The van der Waals surface area contributed by atoms with Gasteiger partial charge in [0.25, 0.3) is 0 Å². The van der Waals surface area contributed by atoms with Crippen molar-refractivity contribution in [1.82, 2.24) is 4.98 Å². The van der Waals surface area contributed by atoms with E-state index in [0.29, 0.717) is 0 Å². The molecule has 0 saturated carbocycles. The first-order valence-electron chi connectivity index (χ1n) is 6.37. The number of rotatable bonds is 3. The lowest BCUT2D eigenvalue weighted by Crippen LogP contribution is -2.34. The van der Waals surface area contributed by atoms with E-state index in [2.05, 4.69) is 20.8 Å². The van der Waals surface area contributed by atoms with Gasteiger partial charge in [0.05, 0.1) is 11.2 Å². The molecule has 0 aliphatic heterocycles. The number of nitrogens with zero attached hydrogens (tertiary/aromatic N) is 1. The van der Waals surface area contributed by atoms with Crippen molar-refractivity contribution in [1.29, 1.82) is 0 Å². The van der Waals surface area contributed by atoms with Gasteiger partial charge in [-0.05, 0) is 38.0 Å². The normalized spacial score (nSPS) is 20.9. The van der Waals surface area contributed by atoms with Crippen molar-refractivity contribution in [3.63, 3.8) is 0 Å². The molecule has 1 aromatic heterocycles. The summed E-state index contributed by atoms with van der Waals surface area (Å²) in [6.07, 6.45) is 5.59. The number of aromatic nitrogens is 1. The molecule has 1 aromatic rings. The van der Waals surface area contributed by atoms with Crippen molar-refractivity contribution >= 4 is 11.3 Å². The molecule has 1 aliphatic carbocycles. The fourth-order valence-corrected chi connectivity index (χ4v) is 3.82. The molecule has 0 bridgehead atoms. The van der Waals surface area contributed by atoms with E-state index in [1.807, 2.05) is 11.3 Å². The summed E-state index contributed by atoms with van der Waals surface area (Å²) in [4.78, 5) is 6.28. The zero-order chi connectivity index (χ0) is 11.8. The molecule has 0 saturated heterocycles. The van der Waals surface area contributed by atoms with E-state index in [1.165, 1.54) is 23.4 Å². The standard InChI is InChI=1S/C13H22N2S/c1-4-13(14,5-2)12-15-10-7-6-9(3)8-11(10)16-12/h9H,4-8,14H2,1-3H3. The van der Waals surface area contributed by atoms with Gasteiger partial charge in [-0.3, -0.25) is 0 Å². The van der Waals surface area contributed by atoms with Gasteiger partial charge in [0.2, 0.25) is 0 Å². The molecule has 0 fully saturated rings. The van der Waals surface area contributed by atoms with Crippen LogP contribution in [0.15, 0.2) is 0 Å². The first-order chi connectivity index (χ1) is 7.59. The van der Waals surface area contributed by atoms with Gasteiger partial charge in [0, 0.05) is 4.88 Å². The topological polar surface area (TPSA) is 38.9 Å². The molecule has 0 aromatic carbocycles. The van der Waals surface area contributed by atoms with Crippen LogP contribution in [-0.2, 0) is 18.4 Å². The molecule has 2 N–H and O–H groups in total. The summed E-state index contributed by atoms with van der Waals surface area (Å²) in [5, 5.41) is 1.16. The molecule has 0 radical (unpaired) electrons. The third-order valence-corrected chi connectivity index (χ3v) is 5.21. The first-order valence-corrected chi connectivity index (χ1v) is 7.18. The molecular weight excluding hydrogens is 216 g/mol. The molecule has 90 valence electrons. The van der Waals surface area contributed by atoms with E-state index < -0.39 is 0 Å². The lowest BCUT2D eigenvalue weighted by atomic mass is 9.92. The first kappa shape index (κ1) is 12.1. The zero-order valence-electron chi connectivity index (χ0n) is 10.5. The van der Waals surface area contributed by atoms with Gasteiger partial charge in [-0.15, -0.1) is 11.3 Å². The Bertz CT molecular complexity index is 366. The summed E-state index contributed by atoms with van der Waals surface area (Å²) in [5.41, 5.74) is 7.55. The summed E-state index contributed by atoms with van der Waals surface area (Å²) < 4.78 is 0. The second-order valence-electron chi connectivity index (χ2n) is 5.10. The third-order valence-electron chi connectivity index (χ3n) is 3.87. The van der Waals surface area contributed by atoms with Crippen molar-refractivity contribution in [2.75, 3.05) is 0 Å². The van der Waals surface area contributed by atoms with Crippen LogP contribution in [-0.4, -0.2) is 4.98 Å². The van der Waals surface area contributed by atoms with E-state index in [-0.39, 0.29) is 5.54 Å². The van der Waals surface area contributed by atoms with E-state index in [9.17, 15) is 0 Å². The molecule has 3 heteroatoms. The van der Waals surface area contributed by atoms with E-state index >= 15 is 0 Å². The lowest BCUT2D eigenvalue weighted by Gasteiger charge is -2.23. The predicted octanol–water partition coefficient (Wildman–Crippen LogP) is 3.24. The molecule has 1 unspecified atom stereocenters. The molecule has 0 amide bonds. The Labute approximate surface area is 102 Å². The van der Waals surface area contributed by atoms with Gasteiger partial charge in [0.15, 0.2) is 0 Å². The van der Waals surface area contributed by atoms with Gasteiger partial charge in [-0.1, -0.05) is 20.8 Å². The molecule has 16 heavy (non-hydrogen) atoms. The zero-order valence-corrected chi connectivity index (χ0v) is 11.4. The van der Waals surface area contributed by atoms with E-state index in [4.69, 9.17) is 10.7 Å². The molecule has 0 spiro atoms. The molecule has 2 nitrogen and oxygen atoms in total. The highest BCUT2D eigenvalue weighted by Gasteiger charge is 2.29. The summed E-state index contributed by atoms with van der Waals surface area (Å²) >= 11 is 1.86. The number of hydrogen-bond acceptors (Lipinski definition) is 3. The molecule has 1 atom stereocenters. The highest BCUT2D eigenvalue weighted by molar-refractivity contribution is 7.11. The van der Waals surface area contributed by atoms with Crippen LogP contribution in [0.3, 0.4) is 0 Å². The minimum Gasteiger partial charge on any atom is -0.319 e. The minimum absolute atomic E-state index is 0.189. The number of hydrogen-bond donors (Lipinski definition) is 1. The fourth-order valence-electron chi connectivity index (χ4n) is 2.31. The maximum Gasteiger partial charge on any atom is 0.113 e. The summed E-state index contributed by atoms with van der Waals surface area (Å²) in [6, 6.07) is 0. The van der Waals surface area contributed by atoms with Crippen LogP contribution in [0.4, 0.5) is 0 Å². The largest absolute Gasteiger partial charge is 0.319 e. The van der Waals surface area contributed by atoms with Crippen LogP contribution in [0.5, 0.6) is 0 Å². The maximum absolute atomic E-state index is 6.41. The number of aryl methyl sites for hydroxylation is 1. The Morgan fingerprint density at radius 2 is 2.12 bits per heavy atom. The lowest BCUT2D eigenvalue weighted by molar-refractivity contribution is 0.409. The van der Waals surface area contributed by atoms with E-state index in [1.54, 1.807) is 0 Å². The van der Waals surface area contributed by atoms with Gasteiger partial charge >= 0.3 is 0 Å². The Kier molecular flexibility index (Phi) is 3.36. The summed E-state index contributed by atoms with van der Waals surface area (Å²) in [6.45, 7) is 6.65. The van der Waals surface area contributed by atoms with Crippen LogP contribution in [0.2, 0.25) is 0 Å². The minimum atomic E-state index is -0.189. The van der Waals surface area contributed by atoms with E-state index in [0.717, 1.165) is 30.2 Å². The van der Waals surface area contributed by atoms with Crippen LogP contribution >= 0.6 is 11.3 Å². The average molecular weight is 238 g/mol.